The van der Waals surface area contributed by atoms with Crippen molar-refractivity contribution >= 4 is 33.4 Å². The van der Waals surface area contributed by atoms with Crippen molar-refractivity contribution in [2.45, 2.75) is 18.6 Å². The highest BCUT2D eigenvalue weighted by molar-refractivity contribution is 7.98. The molecule has 0 aliphatic rings. The highest BCUT2D eigenvalue weighted by Crippen LogP contribution is 2.23. The molecule has 9 heteroatoms. The third-order valence-corrected chi connectivity index (χ3v) is 6.08. The lowest BCUT2D eigenvalue weighted by Crippen LogP contribution is -2.32. The summed E-state index contributed by atoms with van der Waals surface area (Å²) in [5, 5.41) is 2.85. The summed E-state index contributed by atoms with van der Waals surface area (Å²) in [5.41, 5.74) is 0.525. The number of furan rings is 1. The van der Waals surface area contributed by atoms with E-state index in [-0.39, 0.29) is 18.9 Å². The van der Waals surface area contributed by atoms with Crippen LogP contribution in [0.3, 0.4) is 0 Å². The fraction of sp³-hybridized carbons (Fsp3) is 0.421. The Morgan fingerprint density at radius 3 is 2.79 bits per heavy atom. The molecule has 2 rings (SSSR count). The quantitative estimate of drug-likeness (QED) is 0.525. The van der Waals surface area contributed by atoms with Crippen molar-refractivity contribution in [2.24, 2.45) is 0 Å². The van der Waals surface area contributed by atoms with Gasteiger partial charge in [0.15, 0.2) is 0 Å². The molecule has 7 nitrogen and oxygen atoms in total. The SMILES string of the molecule is COc1cccc(N(CCCC(=O)NCCSCc2ccco2)S(C)(=O)=O)c1. The van der Waals surface area contributed by atoms with Crippen molar-refractivity contribution in [3.63, 3.8) is 0 Å². The predicted molar refractivity (Wildman–Crippen MR) is 112 cm³/mol. The van der Waals surface area contributed by atoms with Crippen molar-refractivity contribution in [1.82, 2.24) is 5.32 Å². The van der Waals surface area contributed by atoms with Gasteiger partial charge in [-0.05, 0) is 30.7 Å². The van der Waals surface area contributed by atoms with Crippen molar-refractivity contribution in [2.75, 3.05) is 36.5 Å². The summed E-state index contributed by atoms with van der Waals surface area (Å²) in [5.74, 6) is 2.96. The molecule has 0 spiro atoms. The Morgan fingerprint density at radius 2 is 2.11 bits per heavy atom. The molecule has 1 amide bonds. The van der Waals surface area contributed by atoms with Gasteiger partial charge in [-0.15, -0.1) is 0 Å². The normalized spacial score (nSPS) is 11.2. The van der Waals surface area contributed by atoms with Gasteiger partial charge in [0.2, 0.25) is 15.9 Å². The molecular weight excluding hydrogens is 400 g/mol. The monoisotopic (exact) mass is 426 g/mol. The first-order valence-corrected chi connectivity index (χ1v) is 11.9. The standard InChI is InChI=1S/C19H26N2O5S2/c1-25-17-7-3-6-16(14-17)21(28(2,23)24)11-4-9-19(22)20-10-13-27-15-18-8-5-12-26-18/h3,5-8,12,14H,4,9-11,13,15H2,1-2H3,(H,20,22). The van der Waals surface area contributed by atoms with Gasteiger partial charge in [-0.3, -0.25) is 9.10 Å². The number of ether oxygens (including phenoxy) is 1. The zero-order valence-electron chi connectivity index (χ0n) is 16.1. The zero-order chi connectivity index (χ0) is 20.4. The number of methoxy groups -OCH3 is 1. The van der Waals surface area contributed by atoms with Crippen LogP contribution in [0.25, 0.3) is 0 Å². The highest BCUT2D eigenvalue weighted by atomic mass is 32.2. The third-order valence-electron chi connectivity index (χ3n) is 3.90. The summed E-state index contributed by atoms with van der Waals surface area (Å²) in [6.07, 6.45) is 3.49. The van der Waals surface area contributed by atoms with Crippen LogP contribution in [0.4, 0.5) is 5.69 Å². The topological polar surface area (TPSA) is 88.8 Å². The number of rotatable bonds is 12. The van der Waals surface area contributed by atoms with Gasteiger partial charge in [-0.2, -0.15) is 11.8 Å². The number of carbonyl (C=O) groups is 1. The molecule has 0 saturated heterocycles. The maximum atomic E-state index is 12.1. The number of benzene rings is 1. The molecule has 0 saturated carbocycles. The van der Waals surface area contributed by atoms with E-state index in [1.807, 2.05) is 12.1 Å². The number of hydrogen-bond donors (Lipinski definition) is 1. The predicted octanol–water partition coefficient (Wildman–Crippen LogP) is 2.88. The van der Waals surface area contributed by atoms with Gasteiger partial charge in [0.25, 0.3) is 0 Å². The minimum atomic E-state index is -3.45. The van der Waals surface area contributed by atoms with Crippen molar-refractivity contribution in [1.29, 1.82) is 0 Å². The second-order valence-electron chi connectivity index (χ2n) is 6.12. The number of thioether (sulfide) groups is 1. The van der Waals surface area contributed by atoms with E-state index in [2.05, 4.69) is 5.32 Å². The molecule has 0 radical (unpaired) electrons. The average Bonchev–Trinajstić information content (AvgIpc) is 3.17. The molecule has 0 aliphatic heterocycles. The van der Waals surface area contributed by atoms with E-state index in [1.54, 1.807) is 42.3 Å². The van der Waals surface area contributed by atoms with Crippen LogP contribution in [-0.2, 0) is 20.6 Å². The van der Waals surface area contributed by atoms with E-state index >= 15 is 0 Å². The second-order valence-corrected chi connectivity index (χ2v) is 9.13. The highest BCUT2D eigenvalue weighted by Gasteiger charge is 2.18. The van der Waals surface area contributed by atoms with Crippen molar-refractivity contribution in [3.8, 4) is 5.75 Å². The molecule has 0 aliphatic carbocycles. The van der Waals surface area contributed by atoms with Crippen molar-refractivity contribution in [3.05, 3.63) is 48.4 Å². The van der Waals surface area contributed by atoms with Crippen LogP contribution in [-0.4, -0.2) is 46.5 Å². The van der Waals surface area contributed by atoms with Crippen molar-refractivity contribution < 1.29 is 22.4 Å². The number of nitrogens with one attached hydrogen (secondary N) is 1. The van der Waals surface area contributed by atoms with Gasteiger partial charge in [0.05, 0.1) is 31.1 Å². The number of hydrogen-bond acceptors (Lipinski definition) is 6. The summed E-state index contributed by atoms with van der Waals surface area (Å²) in [4.78, 5) is 12.0. The van der Waals surface area contributed by atoms with Gasteiger partial charge >= 0.3 is 0 Å². The Balaban J connectivity index is 1.73. The van der Waals surface area contributed by atoms with Crippen LogP contribution in [0.2, 0.25) is 0 Å². The van der Waals surface area contributed by atoms with E-state index in [1.165, 1.54) is 11.4 Å². The summed E-state index contributed by atoms with van der Waals surface area (Å²) in [7, 11) is -1.92. The second kappa shape index (κ2) is 11.0. The fourth-order valence-corrected chi connectivity index (χ4v) is 4.27. The molecule has 2 aromatic rings. The molecule has 0 fully saturated rings. The molecule has 0 bridgehead atoms. The summed E-state index contributed by atoms with van der Waals surface area (Å²) < 4.78 is 35.9. The minimum absolute atomic E-state index is 0.0855. The fourth-order valence-electron chi connectivity index (χ4n) is 2.55. The molecular formula is C19H26N2O5S2. The third kappa shape index (κ3) is 7.47. The van der Waals surface area contributed by atoms with Crippen LogP contribution in [0.15, 0.2) is 47.1 Å². The first kappa shape index (κ1) is 22.2. The summed E-state index contributed by atoms with van der Waals surface area (Å²) in [6, 6.07) is 10.6. The van der Waals surface area contributed by atoms with E-state index in [0.717, 1.165) is 23.5 Å². The van der Waals surface area contributed by atoms with E-state index in [9.17, 15) is 13.2 Å². The number of carbonyl (C=O) groups excluding carboxylic acids is 1. The van der Waals surface area contributed by atoms with Crippen LogP contribution in [0.5, 0.6) is 5.75 Å². The molecule has 1 heterocycles. The first-order chi connectivity index (χ1) is 13.4. The Hall–Kier alpha value is -2.13. The maximum absolute atomic E-state index is 12.1. The van der Waals surface area contributed by atoms with Gasteiger partial charge in [-0.1, -0.05) is 6.07 Å². The Bertz CT molecular complexity index is 838. The van der Waals surface area contributed by atoms with Crippen LogP contribution in [0.1, 0.15) is 18.6 Å². The largest absolute Gasteiger partial charge is 0.497 e. The van der Waals surface area contributed by atoms with Gasteiger partial charge in [0, 0.05) is 31.3 Å². The van der Waals surface area contributed by atoms with Gasteiger partial charge < -0.3 is 14.5 Å². The summed E-state index contributed by atoms with van der Waals surface area (Å²) in [6.45, 7) is 0.794. The van der Waals surface area contributed by atoms with E-state index in [0.29, 0.717) is 24.4 Å². The lowest BCUT2D eigenvalue weighted by molar-refractivity contribution is -0.121. The van der Waals surface area contributed by atoms with E-state index < -0.39 is 10.0 Å². The molecule has 28 heavy (non-hydrogen) atoms. The van der Waals surface area contributed by atoms with Crippen LogP contribution < -0.4 is 14.4 Å². The lowest BCUT2D eigenvalue weighted by Gasteiger charge is -2.22. The zero-order valence-corrected chi connectivity index (χ0v) is 17.7. The average molecular weight is 427 g/mol. The maximum Gasteiger partial charge on any atom is 0.232 e. The molecule has 0 unspecified atom stereocenters. The van der Waals surface area contributed by atoms with Gasteiger partial charge in [-0.25, -0.2) is 8.42 Å². The molecule has 1 aromatic heterocycles. The van der Waals surface area contributed by atoms with E-state index in [4.69, 9.17) is 9.15 Å². The smallest absolute Gasteiger partial charge is 0.232 e. The van der Waals surface area contributed by atoms with Crippen LogP contribution in [0, 0.1) is 0 Å². The van der Waals surface area contributed by atoms with Gasteiger partial charge in [0.1, 0.15) is 11.5 Å². The first-order valence-electron chi connectivity index (χ1n) is 8.89. The molecule has 1 N–H and O–H groups in total. The lowest BCUT2D eigenvalue weighted by atomic mass is 10.2. The summed E-state index contributed by atoms with van der Waals surface area (Å²) >= 11 is 1.68. The van der Waals surface area contributed by atoms with Crippen LogP contribution >= 0.6 is 11.8 Å². The molecule has 154 valence electrons. The number of anilines is 1. The number of nitrogens with zero attached hydrogens (tertiary/aromatic N) is 1. The Morgan fingerprint density at radius 1 is 1.29 bits per heavy atom. The Kier molecular flexibility index (Phi) is 8.72. The number of sulfonamides is 1. The minimum Gasteiger partial charge on any atom is -0.497 e. The number of amides is 1. The molecule has 0 atom stereocenters. The molecule has 1 aromatic carbocycles. The Labute approximate surface area is 170 Å².